The molecule has 0 amide bonds. The van der Waals surface area contributed by atoms with E-state index in [1.165, 1.54) is 5.56 Å². The highest BCUT2D eigenvalue weighted by molar-refractivity contribution is 7.99. The highest BCUT2D eigenvalue weighted by Gasteiger charge is 2.14. The Morgan fingerprint density at radius 2 is 1.81 bits per heavy atom. The standard InChI is InChI=1S/C23H21N7S/c1-2-14-31-23-25-20-8-5-13-24-22(20)30(23)15-16-9-11-17(12-10-16)18-6-3-4-7-19(18)21-26-28-29-27-21/h3-13H,2,14-15H2,1H3,(H,26,27,28,29). The van der Waals surface area contributed by atoms with Crippen LogP contribution < -0.4 is 0 Å². The van der Waals surface area contributed by atoms with Crippen LogP contribution in [0.4, 0.5) is 0 Å². The molecular weight excluding hydrogens is 406 g/mol. The van der Waals surface area contributed by atoms with Crippen molar-refractivity contribution in [3.63, 3.8) is 0 Å². The number of hydrogen-bond donors (Lipinski definition) is 1. The highest BCUT2D eigenvalue weighted by atomic mass is 32.2. The van der Waals surface area contributed by atoms with E-state index in [0.29, 0.717) is 5.82 Å². The molecule has 3 aromatic heterocycles. The van der Waals surface area contributed by atoms with Gasteiger partial charge < -0.3 is 0 Å². The maximum absolute atomic E-state index is 4.79. The minimum absolute atomic E-state index is 0.591. The van der Waals surface area contributed by atoms with Crippen LogP contribution in [-0.4, -0.2) is 40.9 Å². The number of thioether (sulfide) groups is 1. The molecule has 0 fully saturated rings. The van der Waals surface area contributed by atoms with Gasteiger partial charge in [-0.15, -0.1) is 10.2 Å². The molecule has 0 bridgehead atoms. The van der Waals surface area contributed by atoms with Crippen LogP contribution in [0.5, 0.6) is 0 Å². The van der Waals surface area contributed by atoms with Crippen LogP contribution in [-0.2, 0) is 6.54 Å². The summed E-state index contributed by atoms with van der Waals surface area (Å²) in [5.41, 5.74) is 6.19. The third-order valence-electron chi connectivity index (χ3n) is 5.02. The molecule has 0 aliphatic rings. The highest BCUT2D eigenvalue weighted by Crippen LogP contribution is 2.30. The number of aromatic amines is 1. The Kier molecular flexibility index (Phi) is 5.45. The Morgan fingerprint density at radius 3 is 2.58 bits per heavy atom. The Labute approximate surface area is 183 Å². The van der Waals surface area contributed by atoms with Crippen LogP contribution in [0.25, 0.3) is 33.7 Å². The molecule has 5 aromatic rings. The number of nitrogens with one attached hydrogen (secondary N) is 1. The third-order valence-corrected chi connectivity index (χ3v) is 6.21. The summed E-state index contributed by atoms with van der Waals surface area (Å²) >= 11 is 1.78. The Morgan fingerprint density at radius 1 is 0.968 bits per heavy atom. The number of nitrogens with zero attached hydrogens (tertiary/aromatic N) is 6. The first-order valence-electron chi connectivity index (χ1n) is 10.2. The molecule has 0 saturated heterocycles. The second-order valence-electron chi connectivity index (χ2n) is 7.15. The van der Waals surface area contributed by atoms with Crippen LogP contribution in [0.3, 0.4) is 0 Å². The van der Waals surface area contributed by atoms with Gasteiger partial charge in [0.15, 0.2) is 10.8 Å². The molecule has 7 nitrogen and oxygen atoms in total. The molecule has 5 rings (SSSR count). The Balaban J connectivity index is 1.46. The molecule has 0 aliphatic carbocycles. The largest absolute Gasteiger partial charge is 0.299 e. The number of aromatic nitrogens is 7. The smallest absolute Gasteiger partial charge is 0.205 e. The average molecular weight is 428 g/mol. The second kappa shape index (κ2) is 8.69. The zero-order chi connectivity index (χ0) is 21.0. The molecule has 0 radical (unpaired) electrons. The number of pyridine rings is 1. The topological polar surface area (TPSA) is 85.2 Å². The lowest BCUT2D eigenvalue weighted by Crippen LogP contribution is -2.03. The monoisotopic (exact) mass is 427 g/mol. The van der Waals surface area contributed by atoms with Gasteiger partial charge in [0.2, 0.25) is 5.82 Å². The molecule has 0 aliphatic heterocycles. The minimum atomic E-state index is 0.591. The molecule has 0 saturated carbocycles. The first-order valence-corrected chi connectivity index (χ1v) is 11.2. The van der Waals surface area contributed by atoms with Crippen molar-refractivity contribution in [3.8, 4) is 22.5 Å². The van der Waals surface area contributed by atoms with Crippen LogP contribution >= 0.6 is 11.8 Å². The van der Waals surface area contributed by atoms with Crippen molar-refractivity contribution in [3.05, 3.63) is 72.4 Å². The lowest BCUT2D eigenvalue weighted by Gasteiger charge is -2.10. The molecule has 154 valence electrons. The van der Waals surface area contributed by atoms with Crippen molar-refractivity contribution in [1.82, 2.24) is 35.2 Å². The summed E-state index contributed by atoms with van der Waals surface area (Å²) in [7, 11) is 0. The van der Waals surface area contributed by atoms with Crippen molar-refractivity contribution in [2.24, 2.45) is 0 Å². The number of tetrazole rings is 1. The van der Waals surface area contributed by atoms with Crippen molar-refractivity contribution in [1.29, 1.82) is 0 Å². The van der Waals surface area contributed by atoms with Gasteiger partial charge in [-0.3, -0.25) is 4.57 Å². The molecule has 0 spiro atoms. The quantitative estimate of drug-likeness (QED) is 0.375. The lowest BCUT2D eigenvalue weighted by molar-refractivity contribution is 0.723. The molecule has 0 unspecified atom stereocenters. The summed E-state index contributed by atoms with van der Waals surface area (Å²) < 4.78 is 2.21. The van der Waals surface area contributed by atoms with Crippen LogP contribution in [0.15, 0.2) is 72.0 Å². The predicted octanol–water partition coefficient (Wildman–Crippen LogP) is 4.83. The third kappa shape index (κ3) is 3.94. The molecule has 3 heterocycles. The summed E-state index contributed by atoms with van der Waals surface area (Å²) in [6, 6.07) is 20.6. The first-order chi connectivity index (χ1) is 15.3. The normalized spacial score (nSPS) is 11.3. The summed E-state index contributed by atoms with van der Waals surface area (Å²) in [5.74, 6) is 1.63. The Hall–Kier alpha value is -3.52. The van der Waals surface area contributed by atoms with Gasteiger partial charge >= 0.3 is 0 Å². The maximum atomic E-state index is 4.79. The van der Waals surface area contributed by atoms with Gasteiger partial charge in [-0.05, 0) is 40.5 Å². The van der Waals surface area contributed by atoms with Gasteiger partial charge in [0.25, 0.3) is 0 Å². The summed E-state index contributed by atoms with van der Waals surface area (Å²) in [5, 5.41) is 15.5. The van der Waals surface area contributed by atoms with E-state index >= 15 is 0 Å². The number of rotatable bonds is 7. The number of fused-ring (bicyclic) bond motifs is 1. The summed E-state index contributed by atoms with van der Waals surface area (Å²) in [6.07, 6.45) is 2.93. The number of imidazole rings is 1. The first kappa shape index (κ1) is 19.4. The average Bonchev–Trinajstić information content (AvgIpc) is 3.47. The van der Waals surface area contributed by atoms with Gasteiger partial charge in [-0.1, -0.05) is 67.2 Å². The molecule has 2 aromatic carbocycles. The van der Waals surface area contributed by atoms with E-state index in [1.807, 2.05) is 36.5 Å². The maximum Gasteiger partial charge on any atom is 0.205 e. The summed E-state index contributed by atoms with van der Waals surface area (Å²) in [6.45, 7) is 2.91. The predicted molar refractivity (Wildman–Crippen MR) is 123 cm³/mol. The van der Waals surface area contributed by atoms with Gasteiger partial charge in [-0.2, -0.15) is 5.21 Å². The summed E-state index contributed by atoms with van der Waals surface area (Å²) in [4.78, 5) is 9.37. The fourth-order valence-corrected chi connectivity index (χ4v) is 4.42. The zero-order valence-corrected chi connectivity index (χ0v) is 17.9. The molecular formula is C23H21N7S. The van der Waals surface area contributed by atoms with Crippen molar-refractivity contribution < 1.29 is 0 Å². The SMILES string of the molecule is CCCSc1nc2cccnc2n1Cc1ccc(-c2ccccc2-c2nn[nH]n2)cc1. The fraction of sp³-hybridized carbons (Fsp3) is 0.174. The van der Waals surface area contributed by atoms with E-state index < -0.39 is 0 Å². The minimum Gasteiger partial charge on any atom is -0.299 e. The van der Waals surface area contributed by atoms with Crippen LogP contribution in [0.1, 0.15) is 18.9 Å². The molecule has 0 atom stereocenters. The molecule has 8 heteroatoms. The van der Waals surface area contributed by atoms with Gasteiger partial charge in [0, 0.05) is 17.5 Å². The van der Waals surface area contributed by atoms with Gasteiger partial charge in [0.05, 0.1) is 6.54 Å². The fourth-order valence-electron chi connectivity index (χ4n) is 3.56. The van der Waals surface area contributed by atoms with Gasteiger partial charge in [0.1, 0.15) is 5.52 Å². The number of benzene rings is 2. The number of H-pyrrole nitrogens is 1. The van der Waals surface area contributed by atoms with Gasteiger partial charge in [-0.25, -0.2) is 9.97 Å². The van der Waals surface area contributed by atoms with Crippen molar-refractivity contribution in [2.45, 2.75) is 25.0 Å². The van der Waals surface area contributed by atoms with E-state index in [0.717, 1.165) is 51.7 Å². The van der Waals surface area contributed by atoms with E-state index in [-0.39, 0.29) is 0 Å². The zero-order valence-electron chi connectivity index (χ0n) is 17.1. The van der Waals surface area contributed by atoms with Crippen LogP contribution in [0, 0.1) is 0 Å². The van der Waals surface area contributed by atoms with E-state index in [1.54, 1.807) is 11.8 Å². The molecule has 1 N–H and O–H groups in total. The van der Waals surface area contributed by atoms with E-state index in [4.69, 9.17) is 4.98 Å². The van der Waals surface area contributed by atoms with Crippen molar-refractivity contribution >= 4 is 22.9 Å². The Bertz CT molecular complexity index is 1290. The van der Waals surface area contributed by atoms with E-state index in [2.05, 4.69) is 67.4 Å². The van der Waals surface area contributed by atoms with E-state index in [9.17, 15) is 0 Å². The molecule has 31 heavy (non-hydrogen) atoms. The second-order valence-corrected chi connectivity index (χ2v) is 8.22. The lowest BCUT2D eigenvalue weighted by atomic mass is 9.98. The van der Waals surface area contributed by atoms with Crippen LogP contribution in [0.2, 0.25) is 0 Å². The van der Waals surface area contributed by atoms with Crippen molar-refractivity contribution in [2.75, 3.05) is 5.75 Å². The number of hydrogen-bond acceptors (Lipinski definition) is 6.